The largest absolute Gasteiger partial charge is 0.387 e. The van der Waals surface area contributed by atoms with Gasteiger partial charge in [-0.3, -0.25) is 4.79 Å². The second-order valence-corrected chi connectivity index (χ2v) is 8.26. The maximum Gasteiger partial charge on any atom is 0.264 e. The van der Waals surface area contributed by atoms with Crippen molar-refractivity contribution >= 4 is 17.2 Å². The molecule has 4 heteroatoms. The van der Waals surface area contributed by atoms with Gasteiger partial charge in [0.1, 0.15) is 0 Å². The fraction of sp³-hybridized carbons (Fsp3) is 0.706. The summed E-state index contributed by atoms with van der Waals surface area (Å²) in [6.07, 6.45) is 7.01. The summed E-state index contributed by atoms with van der Waals surface area (Å²) in [5.74, 6) is 0.753. The Kier molecular flexibility index (Phi) is 3.16. The number of hydrogen-bond acceptors (Lipinski definition) is 3. The monoisotopic (exact) mass is 305 g/mol. The van der Waals surface area contributed by atoms with Crippen LogP contribution < -0.4 is 0 Å². The molecule has 2 atom stereocenters. The van der Waals surface area contributed by atoms with Crippen molar-refractivity contribution in [1.82, 2.24) is 4.90 Å². The maximum atomic E-state index is 12.8. The first-order valence-corrected chi connectivity index (χ1v) is 9.03. The van der Waals surface area contributed by atoms with E-state index >= 15 is 0 Å². The molecule has 3 aliphatic rings. The fourth-order valence-corrected chi connectivity index (χ4v) is 5.26. The molecule has 114 valence electrons. The first kappa shape index (κ1) is 13.8. The van der Waals surface area contributed by atoms with Gasteiger partial charge in [-0.25, -0.2) is 0 Å². The van der Waals surface area contributed by atoms with Crippen molar-refractivity contribution in [2.24, 2.45) is 11.8 Å². The highest BCUT2D eigenvalue weighted by atomic mass is 32.1. The molecule has 21 heavy (non-hydrogen) atoms. The normalized spacial score (nSPS) is 32.3. The van der Waals surface area contributed by atoms with Crippen LogP contribution in [-0.2, 0) is 12.8 Å². The van der Waals surface area contributed by atoms with Crippen LogP contribution in [0.4, 0.5) is 0 Å². The van der Waals surface area contributed by atoms with E-state index in [2.05, 4.69) is 13.0 Å². The van der Waals surface area contributed by atoms with Crippen molar-refractivity contribution in [1.29, 1.82) is 0 Å². The zero-order chi connectivity index (χ0) is 14.6. The highest BCUT2D eigenvalue weighted by Gasteiger charge is 2.53. The van der Waals surface area contributed by atoms with E-state index in [0.717, 1.165) is 30.6 Å². The third-order valence-corrected chi connectivity index (χ3v) is 6.80. The molecule has 1 aromatic heterocycles. The van der Waals surface area contributed by atoms with Crippen LogP contribution >= 0.6 is 11.3 Å². The smallest absolute Gasteiger partial charge is 0.264 e. The third kappa shape index (κ3) is 2.23. The van der Waals surface area contributed by atoms with Gasteiger partial charge in [0.05, 0.1) is 17.0 Å². The molecular formula is C17H23NO2S. The second kappa shape index (κ2) is 4.82. The van der Waals surface area contributed by atoms with Crippen LogP contribution in [0.3, 0.4) is 0 Å². The Morgan fingerprint density at radius 2 is 2.14 bits per heavy atom. The van der Waals surface area contributed by atoms with E-state index in [0.29, 0.717) is 19.0 Å². The average Bonchev–Trinajstić information content (AvgIpc) is 3.18. The summed E-state index contributed by atoms with van der Waals surface area (Å²) in [4.78, 5) is 17.0. The summed E-state index contributed by atoms with van der Waals surface area (Å²) in [5, 5.41) is 10.8. The number of rotatable bonds is 2. The molecule has 1 aromatic rings. The Morgan fingerprint density at radius 1 is 1.38 bits per heavy atom. The topological polar surface area (TPSA) is 40.5 Å². The number of aryl methyl sites for hydroxylation is 2. The van der Waals surface area contributed by atoms with Gasteiger partial charge in [0.2, 0.25) is 0 Å². The quantitative estimate of drug-likeness (QED) is 0.913. The summed E-state index contributed by atoms with van der Waals surface area (Å²) in [6, 6.07) is 2.11. The predicted octanol–water partition coefficient (Wildman–Crippen LogP) is 2.86. The Bertz CT molecular complexity index is 554. The van der Waals surface area contributed by atoms with Gasteiger partial charge in [0, 0.05) is 17.3 Å². The van der Waals surface area contributed by atoms with E-state index in [9.17, 15) is 9.90 Å². The Balaban J connectivity index is 1.54. The van der Waals surface area contributed by atoms with Crippen molar-refractivity contribution in [3.05, 3.63) is 21.4 Å². The van der Waals surface area contributed by atoms with Gasteiger partial charge >= 0.3 is 0 Å². The van der Waals surface area contributed by atoms with Crippen LogP contribution in [0.15, 0.2) is 6.07 Å². The van der Waals surface area contributed by atoms with Gasteiger partial charge < -0.3 is 10.0 Å². The molecule has 1 N–H and O–H groups in total. The number of carbonyl (C=O) groups excluding carboxylic acids is 1. The molecule has 1 aliphatic heterocycles. The number of amides is 1. The molecule has 2 fully saturated rings. The van der Waals surface area contributed by atoms with Gasteiger partial charge in [-0.05, 0) is 56.1 Å². The summed E-state index contributed by atoms with van der Waals surface area (Å²) in [5.41, 5.74) is 0.756. The van der Waals surface area contributed by atoms with E-state index in [1.165, 1.54) is 23.3 Å². The van der Waals surface area contributed by atoms with Crippen molar-refractivity contribution in [3.8, 4) is 0 Å². The standard InChI is InChI=1S/C17H23NO2S/c1-11-9-18(10-17(11,20)13-6-7-13)16(19)15-8-12-4-2-3-5-14(12)21-15/h8,11,13,20H,2-7,9-10H2,1H3/t11-,17+/m1/s1. The summed E-state index contributed by atoms with van der Waals surface area (Å²) < 4.78 is 0. The first-order valence-electron chi connectivity index (χ1n) is 8.21. The molecule has 2 aliphatic carbocycles. The average molecular weight is 305 g/mol. The van der Waals surface area contributed by atoms with E-state index in [4.69, 9.17) is 0 Å². The molecule has 0 radical (unpaired) electrons. The van der Waals surface area contributed by atoms with Gasteiger partial charge in [0.15, 0.2) is 0 Å². The number of likely N-dealkylation sites (tertiary alicyclic amines) is 1. The number of carbonyl (C=O) groups is 1. The number of hydrogen-bond donors (Lipinski definition) is 1. The highest BCUT2D eigenvalue weighted by Crippen LogP contribution is 2.47. The molecule has 4 rings (SSSR count). The van der Waals surface area contributed by atoms with Crippen LogP contribution in [0.1, 0.15) is 52.7 Å². The Morgan fingerprint density at radius 3 is 2.86 bits per heavy atom. The molecule has 3 nitrogen and oxygen atoms in total. The van der Waals surface area contributed by atoms with Crippen LogP contribution in [0.2, 0.25) is 0 Å². The van der Waals surface area contributed by atoms with E-state index in [1.807, 2.05) is 4.90 Å². The van der Waals surface area contributed by atoms with Crippen LogP contribution in [0, 0.1) is 11.8 Å². The minimum Gasteiger partial charge on any atom is -0.387 e. The lowest BCUT2D eigenvalue weighted by molar-refractivity contribution is -0.00361. The van der Waals surface area contributed by atoms with Crippen LogP contribution in [0.25, 0.3) is 0 Å². The van der Waals surface area contributed by atoms with Gasteiger partial charge in [-0.2, -0.15) is 0 Å². The lowest BCUT2D eigenvalue weighted by Crippen LogP contribution is -2.40. The fourth-order valence-electron chi connectivity index (χ4n) is 4.04. The predicted molar refractivity (Wildman–Crippen MR) is 83.7 cm³/mol. The lowest BCUT2D eigenvalue weighted by Gasteiger charge is -2.26. The first-order chi connectivity index (χ1) is 10.1. The number of fused-ring (bicyclic) bond motifs is 1. The Hall–Kier alpha value is -0.870. The molecule has 1 amide bonds. The van der Waals surface area contributed by atoms with Crippen molar-refractivity contribution in [3.63, 3.8) is 0 Å². The summed E-state index contributed by atoms with van der Waals surface area (Å²) >= 11 is 1.68. The van der Waals surface area contributed by atoms with Crippen molar-refractivity contribution in [2.45, 2.75) is 51.0 Å². The number of nitrogens with zero attached hydrogens (tertiary/aromatic N) is 1. The zero-order valence-corrected chi connectivity index (χ0v) is 13.4. The zero-order valence-electron chi connectivity index (χ0n) is 12.6. The summed E-state index contributed by atoms with van der Waals surface area (Å²) in [6.45, 7) is 3.32. The molecule has 0 aromatic carbocycles. The molecule has 0 bridgehead atoms. The van der Waals surface area contributed by atoms with Crippen LogP contribution in [-0.4, -0.2) is 34.6 Å². The third-order valence-electron chi connectivity index (χ3n) is 5.57. The molecular weight excluding hydrogens is 282 g/mol. The maximum absolute atomic E-state index is 12.8. The highest BCUT2D eigenvalue weighted by molar-refractivity contribution is 7.14. The number of thiophene rings is 1. The Labute approximate surface area is 130 Å². The van der Waals surface area contributed by atoms with Crippen molar-refractivity contribution in [2.75, 3.05) is 13.1 Å². The lowest BCUT2D eigenvalue weighted by atomic mass is 9.88. The molecule has 0 spiro atoms. The molecule has 0 unspecified atom stereocenters. The van der Waals surface area contributed by atoms with Gasteiger partial charge in [0.25, 0.3) is 5.91 Å². The number of aliphatic hydroxyl groups is 1. The second-order valence-electron chi connectivity index (χ2n) is 7.12. The molecule has 1 saturated carbocycles. The number of β-amino-alcohol motifs (C(OH)–C–C–N with tert-alkyl or cyclic N) is 1. The van der Waals surface area contributed by atoms with Crippen molar-refractivity contribution < 1.29 is 9.90 Å². The van der Waals surface area contributed by atoms with E-state index in [-0.39, 0.29) is 11.8 Å². The van der Waals surface area contributed by atoms with E-state index < -0.39 is 5.60 Å². The van der Waals surface area contributed by atoms with Gasteiger partial charge in [-0.1, -0.05) is 6.92 Å². The molecule has 2 heterocycles. The SMILES string of the molecule is C[C@@H]1CN(C(=O)c2cc3c(s2)CCCC3)C[C@@]1(O)C1CC1. The van der Waals surface area contributed by atoms with Crippen LogP contribution in [0.5, 0.6) is 0 Å². The van der Waals surface area contributed by atoms with Gasteiger partial charge in [-0.15, -0.1) is 11.3 Å². The molecule has 1 saturated heterocycles. The minimum atomic E-state index is -0.632. The minimum absolute atomic E-state index is 0.137. The van der Waals surface area contributed by atoms with E-state index in [1.54, 1.807) is 11.3 Å². The summed E-state index contributed by atoms with van der Waals surface area (Å²) in [7, 11) is 0.